The van der Waals surface area contributed by atoms with Crippen LogP contribution in [0.5, 0.6) is 0 Å². The smallest absolute Gasteiger partial charge is 0.219 e. The molecule has 1 amide bonds. The summed E-state index contributed by atoms with van der Waals surface area (Å²) in [6.45, 7) is 8.59. The number of thiophene rings is 1. The van der Waals surface area contributed by atoms with Crippen LogP contribution in [-0.2, 0) is 11.2 Å². The summed E-state index contributed by atoms with van der Waals surface area (Å²) in [6.07, 6.45) is 0.957. The molecule has 23 heavy (non-hydrogen) atoms. The van der Waals surface area contributed by atoms with Crippen LogP contribution in [0.2, 0.25) is 0 Å². The van der Waals surface area contributed by atoms with Crippen LogP contribution < -0.4 is 5.32 Å². The van der Waals surface area contributed by atoms with Crippen LogP contribution in [0, 0.1) is 0 Å². The SMILES string of the molecule is CCNC(=NCCc1ccc(Br)s1)N1CCN(C(C)=O)CC1.I. The minimum atomic E-state index is 0. The Kier molecular flexibility index (Phi) is 9.45. The maximum Gasteiger partial charge on any atom is 0.219 e. The maximum atomic E-state index is 11.4. The van der Waals surface area contributed by atoms with Gasteiger partial charge in [0.2, 0.25) is 5.91 Å². The number of rotatable bonds is 4. The van der Waals surface area contributed by atoms with Gasteiger partial charge in [-0.3, -0.25) is 9.79 Å². The van der Waals surface area contributed by atoms with E-state index in [1.165, 1.54) is 8.66 Å². The van der Waals surface area contributed by atoms with Crippen molar-refractivity contribution >= 4 is 63.1 Å². The van der Waals surface area contributed by atoms with Gasteiger partial charge in [0, 0.05) is 57.5 Å². The first kappa shape index (κ1) is 20.7. The van der Waals surface area contributed by atoms with Crippen LogP contribution in [-0.4, -0.2) is 60.9 Å². The van der Waals surface area contributed by atoms with E-state index in [4.69, 9.17) is 4.99 Å². The number of amides is 1. The van der Waals surface area contributed by atoms with E-state index in [-0.39, 0.29) is 29.9 Å². The van der Waals surface area contributed by atoms with Crippen LogP contribution >= 0.6 is 51.2 Å². The fourth-order valence-corrected chi connectivity index (χ4v) is 3.89. The zero-order valence-corrected chi connectivity index (χ0v) is 18.3. The van der Waals surface area contributed by atoms with Crippen LogP contribution in [0.25, 0.3) is 0 Å². The zero-order valence-electron chi connectivity index (χ0n) is 13.5. The van der Waals surface area contributed by atoms with E-state index >= 15 is 0 Å². The fraction of sp³-hybridized carbons (Fsp3) is 0.600. The zero-order chi connectivity index (χ0) is 15.9. The number of aliphatic imine (C=N–C) groups is 1. The molecule has 1 aliphatic heterocycles. The molecule has 0 unspecified atom stereocenters. The van der Waals surface area contributed by atoms with Crippen LogP contribution in [0.15, 0.2) is 20.9 Å². The molecule has 5 nitrogen and oxygen atoms in total. The van der Waals surface area contributed by atoms with E-state index in [1.54, 1.807) is 18.3 Å². The Labute approximate surface area is 167 Å². The van der Waals surface area contributed by atoms with Crippen molar-refractivity contribution in [3.8, 4) is 0 Å². The molecular formula is C15H24BrIN4OS. The second-order valence-electron chi connectivity index (χ2n) is 5.18. The number of guanidine groups is 1. The number of carbonyl (C=O) groups is 1. The summed E-state index contributed by atoms with van der Waals surface area (Å²) in [6, 6.07) is 4.22. The van der Waals surface area contributed by atoms with E-state index in [0.717, 1.165) is 51.6 Å². The van der Waals surface area contributed by atoms with Crippen LogP contribution in [0.1, 0.15) is 18.7 Å². The fourth-order valence-electron chi connectivity index (χ4n) is 2.42. The molecule has 0 atom stereocenters. The standard InChI is InChI=1S/C15H23BrN4OS.HI/c1-3-17-15(18-7-6-13-4-5-14(16)22-13)20-10-8-19(9-11-20)12(2)21;/h4-5H,3,6-11H2,1-2H3,(H,17,18);1H. The van der Waals surface area contributed by atoms with Gasteiger partial charge in [-0.25, -0.2) is 0 Å². The van der Waals surface area contributed by atoms with Crippen molar-refractivity contribution in [2.75, 3.05) is 39.3 Å². The van der Waals surface area contributed by atoms with Gasteiger partial charge in [-0.15, -0.1) is 35.3 Å². The molecule has 130 valence electrons. The monoisotopic (exact) mass is 514 g/mol. The van der Waals surface area contributed by atoms with E-state index < -0.39 is 0 Å². The second-order valence-corrected chi connectivity index (χ2v) is 7.73. The highest BCUT2D eigenvalue weighted by Gasteiger charge is 2.20. The van der Waals surface area contributed by atoms with Crippen molar-refractivity contribution in [2.24, 2.45) is 4.99 Å². The molecule has 1 aliphatic rings. The average molecular weight is 515 g/mol. The number of halogens is 2. The molecular weight excluding hydrogens is 491 g/mol. The van der Waals surface area contributed by atoms with Gasteiger partial charge in [0.1, 0.15) is 0 Å². The first-order chi connectivity index (χ1) is 10.6. The summed E-state index contributed by atoms with van der Waals surface area (Å²) in [4.78, 5) is 21.6. The minimum Gasteiger partial charge on any atom is -0.357 e. The number of piperazine rings is 1. The quantitative estimate of drug-likeness (QED) is 0.382. The van der Waals surface area contributed by atoms with Gasteiger partial charge in [-0.1, -0.05) is 0 Å². The molecule has 0 radical (unpaired) electrons. The summed E-state index contributed by atoms with van der Waals surface area (Å²) in [5.74, 6) is 1.12. The lowest BCUT2D eigenvalue weighted by Crippen LogP contribution is -2.53. The molecule has 1 saturated heterocycles. The van der Waals surface area contributed by atoms with Gasteiger partial charge in [0.25, 0.3) is 0 Å². The summed E-state index contributed by atoms with van der Waals surface area (Å²) in [5.41, 5.74) is 0. The van der Waals surface area contributed by atoms with Crippen molar-refractivity contribution in [2.45, 2.75) is 20.3 Å². The Hall–Kier alpha value is -0.350. The van der Waals surface area contributed by atoms with Gasteiger partial charge >= 0.3 is 0 Å². The first-order valence-corrected chi connectivity index (χ1v) is 9.24. The normalized spacial score (nSPS) is 15.3. The highest BCUT2D eigenvalue weighted by atomic mass is 127. The lowest BCUT2D eigenvalue weighted by Gasteiger charge is -2.36. The van der Waals surface area contributed by atoms with Crippen molar-refractivity contribution in [3.05, 3.63) is 20.8 Å². The van der Waals surface area contributed by atoms with Gasteiger partial charge in [0.15, 0.2) is 5.96 Å². The number of nitrogens with zero attached hydrogens (tertiary/aromatic N) is 3. The summed E-state index contributed by atoms with van der Waals surface area (Å²) in [7, 11) is 0. The molecule has 1 fully saturated rings. The molecule has 0 aliphatic carbocycles. The molecule has 1 aromatic rings. The maximum absolute atomic E-state index is 11.4. The average Bonchev–Trinajstić information content (AvgIpc) is 2.92. The Bertz CT molecular complexity index is 529. The van der Waals surface area contributed by atoms with E-state index in [2.05, 4.69) is 45.2 Å². The lowest BCUT2D eigenvalue weighted by atomic mass is 10.3. The number of hydrogen-bond acceptors (Lipinski definition) is 3. The largest absolute Gasteiger partial charge is 0.357 e. The summed E-state index contributed by atoms with van der Waals surface area (Å²) in [5, 5.41) is 3.35. The minimum absolute atomic E-state index is 0. The van der Waals surface area contributed by atoms with Crippen molar-refractivity contribution in [1.29, 1.82) is 0 Å². The highest BCUT2D eigenvalue weighted by Crippen LogP contribution is 2.22. The number of hydrogen-bond donors (Lipinski definition) is 1. The van der Waals surface area contributed by atoms with Crippen LogP contribution in [0.4, 0.5) is 0 Å². The molecule has 0 spiro atoms. The Morgan fingerprint density at radius 2 is 1.96 bits per heavy atom. The molecule has 2 heterocycles. The van der Waals surface area contributed by atoms with Crippen molar-refractivity contribution in [1.82, 2.24) is 15.1 Å². The predicted molar refractivity (Wildman–Crippen MR) is 111 cm³/mol. The van der Waals surface area contributed by atoms with Gasteiger partial charge in [-0.2, -0.15) is 0 Å². The second kappa shape index (κ2) is 10.5. The lowest BCUT2D eigenvalue weighted by molar-refractivity contribution is -0.130. The topological polar surface area (TPSA) is 47.9 Å². The third kappa shape index (κ3) is 6.58. The van der Waals surface area contributed by atoms with Gasteiger partial charge in [0.05, 0.1) is 3.79 Å². The molecule has 8 heteroatoms. The molecule has 0 saturated carbocycles. The number of carbonyl (C=O) groups excluding carboxylic acids is 1. The van der Waals surface area contributed by atoms with Crippen molar-refractivity contribution in [3.63, 3.8) is 0 Å². The Balaban J connectivity index is 0.00000264. The molecule has 1 aromatic heterocycles. The van der Waals surface area contributed by atoms with Gasteiger partial charge in [-0.05, 0) is 35.0 Å². The highest BCUT2D eigenvalue weighted by molar-refractivity contribution is 14.0. The Morgan fingerprint density at radius 3 is 2.48 bits per heavy atom. The third-order valence-corrected chi connectivity index (χ3v) is 5.29. The Morgan fingerprint density at radius 1 is 1.30 bits per heavy atom. The summed E-state index contributed by atoms with van der Waals surface area (Å²) >= 11 is 5.25. The van der Waals surface area contributed by atoms with Gasteiger partial charge < -0.3 is 15.1 Å². The van der Waals surface area contributed by atoms with E-state index in [9.17, 15) is 4.79 Å². The van der Waals surface area contributed by atoms with E-state index in [1.807, 2.05) is 4.90 Å². The summed E-state index contributed by atoms with van der Waals surface area (Å²) < 4.78 is 1.17. The third-order valence-electron chi connectivity index (χ3n) is 3.61. The number of nitrogens with one attached hydrogen (secondary N) is 1. The molecule has 0 bridgehead atoms. The molecule has 2 rings (SSSR count). The molecule has 1 N–H and O–H groups in total. The molecule has 0 aromatic carbocycles. The predicted octanol–water partition coefficient (Wildman–Crippen LogP) is 2.80. The van der Waals surface area contributed by atoms with E-state index in [0.29, 0.717) is 0 Å². The van der Waals surface area contributed by atoms with Crippen LogP contribution in [0.3, 0.4) is 0 Å². The van der Waals surface area contributed by atoms with Crippen molar-refractivity contribution < 1.29 is 4.79 Å². The first-order valence-electron chi connectivity index (χ1n) is 7.63.